The first-order chi connectivity index (χ1) is 18.0. The Balaban J connectivity index is 0.000000317. The number of likely N-dealkylation sites (tertiary alicyclic amines) is 3. The lowest BCUT2D eigenvalue weighted by Crippen LogP contribution is -2.54. The van der Waals surface area contributed by atoms with Crippen molar-refractivity contribution in [3.8, 4) is 0 Å². The van der Waals surface area contributed by atoms with Gasteiger partial charge < -0.3 is 24.6 Å². The summed E-state index contributed by atoms with van der Waals surface area (Å²) in [6, 6.07) is 0. The van der Waals surface area contributed by atoms with E-state index in [4.69, 9.17) is 19.8 Å². The third-order valence-electron chi connectivity index (χ3n) is 7.07. The van der Waals surface area contributed by atoms with Crippen molar-refractivity contribution in [2.75, 3.05) is 39.3 Å². The number of carboxylic acid groups (broad SMARTS) is 2. The van der Waals surface area contributed by atoms with E-state index in [2.05, 4.69) is 31.3 Å². The van der Waals surface area contributed by atoms with Crippen LogP contribution >= 0.6 is 0 Å². The molecule has 2 N–H and O–H groups in total. The topological polar surface area (TPSA) is 119 Å². The molecule has 0 unspecified atom stereocenters. The molecule has 1 amide bonds. The van der Waals surface area contributed by atoms with Crippen LogP contribution in [0.1, 0.15) is 44.3 Å². The molecule has 1 spiro atoms. The molecule has 3 fully saturated rings. The summed E-state index contributed by atoms with van der Waals surface area (Å²) >= 11 is 0. The van der Waals surface area contributed by atoms with Gasteiger partial charge in [0.2, 0.25) is 5.91 Å². The van der Waals surface area contributed by atoms with Crippen molar-refractivity contribution < 1.29 is 50.9 Å². The fourth-order valence-electron chi connectivity index (χ4n) is 4.88. The molecule has 16 heteroatoms. The number of rotatable bonds is 5. The zero-order valence-corrected chi connectivity index (χ0v) is 21.5. The summed E-state index contributed by atoms with van der Waals surface area (Å²) in [6.45, 7) is 7.48. The second kappa shape index (κ2) is 13.5. The Morgan fingerprint density at radius 1 is 0.897 bits per heavy atom. The lowest BCUT2D eigenvalue weighted by Gasteiger charge is -2.45. The fourth-order valence-corrected chi connectivity index (χ4v) is 4.88. The highest BCUT2D eigenvalue weighted by atomic mass is 19.4. The molecule has 3 aliphatic rings. The molecule has 4 heterocycles. The van der Waals surface area contributed by atoms with Gasteiger partial charge in [-0.2, -0.15) is 26.3 Å². The number of hydrogen-bond donors (Lipinski definition) is 2. The molecule has 0 aromatic carbocycles. The number of carboxylic acids is 2. The molecule has 3 saturated heterocycles. The van der Waals surface area contributed by atoms with Crippen molar-refractivity contribution in [1.82, 2.24) is 24.3 Å². The second-order valence-corrected chi connectivity index (χ2v) is 9.65. The number of amides is 1. The molecular weight excluding hydrogens is 540 g/mol. The van der Waals surface area contributed by atoms with Gasteiger partial charge in [-0.1, -0.05) is 0 Å². The van der Waals surface area contributed by atoms with Gasteiger partial charge in [-0.05, 0) is 45.2 Å². The van der Waals surface area contributed by atoms with Crippen LogP contribution in [0.2, 0.25) is 0 Å². The van der Waals surface area contributed by atoms with E-state index in [1.807, 2.05) is 12.4 Å². The maximum absolute atomic E-state index is 12.5. The summed E-state index contributed by atoms with van der Waals surface area (Å²) in [5, 5.41) is 14.2. The first-order valence-corrected chi connectivity index (χ1v) is 12.4. The summed E-state index contributed by atoms with van der Waals surface area (Å²) in [7, 11) is 2.06. The fraction of sp³-hybridized carbons (Fsp3) is 0.739. The molecule has 0 radical (unpaired) electrons. The number of nitrogens with zero attached hydrogens (tertiary/aromatic N) is 5. The highest BCUT2D eigenvalue weighted by Crippen LogP contribution is 2.39. The van der Waals surface area contributed by atoms with Crippen LogP contribution in [0.5, 0.6) is 0 Å². The Kier molecular flexibility index (Phi) is 11.2. The molecule has 1 aromatic rings. The lowest BCUT2D eigenvalue weighted by atomic mass is 9.85. The number of hydrogen-bond acceptors (Lipinski definition) is 6. The standard InChI is InChI=1S/C19H31N5O.2C2HF3O2/c1-21-13-8-20-17(21)16-23-11-6-19(7-12-23)5-4-18(25)24(19)15-14-22-9-2-3-10-22;2*3-2(4,5)1(6)7/h8,13H,2-7,9-12,14-16H2,1H3;2*(H,6,7). The predicted molar refractivity (Wildman–Crippen MR) is 124 cm³/mol. The number of aliphatic carboxylic acids is 2. The number of carbonyl (C=O) groups excluding carboxylic acids is 1. The van der Waals surface area contributed by atoms with Gasteiger partial charge in [0.1, 0.15) is 5.82 Å². The summed E-state index contributed by atoms with van der Waals surface area (Å²) in [5.41, 5.74) is 0.134. The van der Waals surface area contributed by atoms with Crippen molar-refractivity contribution in [3.05, 3.63) is 18.2 Å². The second-order valence-electron chi connectivity index (χ2n) is 9.65. The molecule has 1 aromatic heterocycles. The summed E-state index contributed by atoms with van der Waals surface area (Å²) in [6.07, 6.45) is 0.392. The Hall–Kier alpha value is -2.88. The highest BCUT2D eigenvalue weighted by Gasteiger charge is 2.46. The van der Waals surface area contributed by atoms with E-state index in [1.165, 1.54) is 25.9 Å². The van der Waals surface area contributed by atoms with Crippen LogP contribution in [0.15, 0.2) is 12.4 Å². The normalized spacial score (nSPS) is 19.9. The minimum atomic E-state index is -5.08. The molecule has 0 bridgehead atoms. The highest BCUT2D eigenvalue weighted by molar-refractivity contribution is 5.79. The lowest BCUT2D eigenvalue weighted by molar-refractivity contribution is -0.193. The number of halogens is 6. The maximum atomic E-state index is 12.5. The molecule has 39 heavy (non-hydrogen) atoms. The monoisotopic (exact) mass is 573 g/mol. The van der Waals surface area contributed by atoms with E-state index in [0.29, 0.717) is 5.91 Å². The molecule has 0 aliphatic carbocycles. The van der Waals surface area contributed by atoms with Crippen molar-refractivity contribution in [3.63, 3.8) is 0 Å². The third kappa shape index (κ3) is 9.67. The first-order valence-electron chi connectivity index (χ1n) is 12.4. The summed E-state index contributed by atoms with van der Waals surface area (Å²) in [5.74, 6) is -4.00. The van der Waals surface area contributed by atoms with E-state index >= 15 is 0 Å². The van der Waals surface area contributed by atoms with Crippen LogP contribution in [0.4, 0.5) is 26.3 Å². The molecule has 222 valence electrons. The SMILES string of the molecule is Cn1ccnc1CN1CCC2(CCC(=O)N2CCN2CCCC2)CC1.O=C(O)C(F)(F)F.O=C(O)C(F)(F)F. The average Bonchev–Trinajstić information content (AvgIpc) is 3.56. The Bertz CT molecular complexity index is 945. The largest absolute Gasteiger partial charge is 0.490 e. The first kappa shape index (κ1) is 32.3. The van der Waals surface area contributed by atoms with Crippen LogP contribution in [-0.4, -0.2) is 109 Å². The van der Waals surface area contributed by atoms with Crippen molar-refractivity contribution in [1.29, 1.82) is 0 Å². The van der Waals surface area contributed by atoms with Crippen molar-refractivity contribution in [2.45, 2.75) is 63.0 Å². The van der Waals surface area contributed by atoms with Gasteiger partial charge in [0, 0.05) is 57.6 Å². The van der Waals surface area contributed by atoms with Crippen LogP contribution in [0.25, 0.3) is 0 Å². The van der Waals surface area contributed by atoms with Gasteiger partial charge in [0.15, 0.2) is 0 Å². The number of aryl methyl sites for hydroxylation is 1. The van der Waals surface area contributed by atoms with Crippen LogP contribution in [0, 0.1) is 0 Å². The van der Waals surface area contributed by atoms with Crippen LogP contribution in [0.3, 0.4) is 0 Å². The molecule has 10 nitrogen and oxygen atoms in total. The molecular formula is C23H33F6N5O5. The van der Waals surface area contributed by atoms with E-state index in [-0.39, 0.29) is 5.54 Å². The zero-order valence-electron chi connectivity index (χ0n) is 21.5. The number of piperidine rings is 1. The van der Waals surface area contributed by atoms with Gasteiger partial charge in [-0.15, -0.1) is 0 Å². The van der Waals surface area contributed by atoms with Crippen LogP contribution < -0.4 is 0 Å². The van der Waals surface area contributed by atoms with Gasteiger partial charge in [-0.3, -0.25) is 9.69 Å². The third-order valence-corrected chi connectivity index (χ3v) is 7.07. The van der Waals surface area contributed by atoms with Crippen LogP contribution in [-0.2, 0) is 28.0 Å². The van der Waals surface area contributed by atoms with E-state index in [9.17, 15) is 31.1 Å². The van der Waals surface area contributed by atoms with Gasteiger partial charge >= 0.3 is 24.3 Å². The molecule has 0 saturated carbocycles. The Labute approximate surface area is 221 Å². The van der Waals surface area contributed by atoms with Crippen molar-refractivity contribution in [2.24, 2.45) is 7.05 Å². The number of imidazole rings is 1. The summed E-state index contributed by atoms with van der Waals surface area (Å²) in [4.78, 5) is 42.0. The van der Waals surface area contributed by atoms with Gasteiger partial charge in [0.05, 0.1) is 6.54 Å². The minimum absolute atomic E-state index is 0.134. The number of carbonyl (C=O) groups is 3. The van der Waals surface area contributed by atoms with E-state index in [0.717, 1.165) is 64.2 Å². The van der Waals surface area contributed by atoms with E-state index < -0.39 is 24.3 Å². The summed E-state index contributed by atoms with van der Waals surface area (Å²) < 4.78 is 65.6. The van der Waals surface area contributed by atoms with Gasteiger partial charge in [-0.25, -0.2) is 14.6 Å². The van der Waals surface area contributed by atoms with Crippen molar-refractivity contribution >= 4 is 17.8 Å². The smallest absolute Gasteiger partial charge is 0.475 e. The number of alkyl halides is 6. The number of aromatic nitrogens is 2. The quantitative estimate of drug-likeness (QED) is 0.517. The maximum Gasteiger partial charge on any atom is 0.490 e. The Morgan fingerprint density at radius 2 is 1.41 bits per heavy atom. The van der Waals surface area contributed by atoms with E-state index in [1.54, 1.807) is 0 Å². The molecule has 4 rings (SSSR count). The van der Waals surface area contributed by atoms with Gasteiger partial charge in [0.25, 0.3) is 0 Å². The Morgan fingerprint density at radius 3 is 1.85 bits per heavy atom. The predicted octanol–water partition coefficient (Wildman–Crippen LogP) is 2.74. The minimum Gasteiger partial charge on any atom is -0.475 e. The molecule has 3 aliphatic heterocycles. The zero-order chi connectivity index (χ0) is 29.4. The molecule has 0 atom stereocenters. The average molecular weight is 574 g/mol.